The van der Waals surface area contributed by atoms with E-state index in [0.717, 1.165) is 32.3 Å². The van der Waals surface area contributed by atoms with Gasteiger partial charge in [-0.2, -0.15) is 0 Å². The molecule has 0 spiro atoms. The van der Waals surface area contributed by atoms with Crippen LogP contribution < -0.4 is 11.3 Å². The number of hydrogen-bond donors (Lipinski definition) is 0. The third kappa shape index (κ3) is 3.11. The van der Waals surface area contributed by atoms with Gasteiger partial charge in [0.15, 0.2) is 0 Å². The Bertz CT molecular complexity index is 1920. The van der Waals surface area contributed by atoms with Crippen molar-refractivity contribution in [2.75, 3.05) is 0 Å². The van der Waals surface area contributed by atoms with Crippen LogP contribution in [0, 0.1) is 0 Å². The first-order valence-electron chi connectivity index (χ1n) is 11.0. The molecular weight excluding hydrogens is 458 g/mol. The number of rotatable bonds is 2. The van der Waals surface area contributed by atoms with Crippen LogP contribution in [-0.2, 0) is 0 Å². The maximum absolute atomic E-state index is 12.8. The molecular formula is C29H15NO4S. The zero-order valence-electron chi connectivity index (χ0n) is 18.1. The van der Waals surface area contributed by atoms with Crippen LogP contribution in [0.25, 0.3) is 65.3 Å². The van der Waals surface area contributed by atoms with Crippen LogP contribution in [0.4, 0.5) is 0 Å². The number of thiazole rings is 1. The molecule has 0 aliphatic rings. The van der Waals surface area contributed by atoms with Crippen LogP contribution in [0.5, 0.6) is 0 Å². The Labute approximate surface area is 201 Å². The third-order valence-electron chi connectivity index (χ3n) is 6.29. The summed E-state index contributed by atoms with van der Waals surface area (Å²) in [5.41, 5.74) is 1.29. The summed E-state index contributed by atoms with van der Waals surface area (Å²) in [5, 5.41) is 8.03. The Hall–Kier alpha value is -4.55. The summed E-state index contributed by atoms with van der Waals surface area (Å²) >= 11 is 1.29. The van der Waals surface area contributed by atoms with Gasteiger partial charge in [0.1, 0.15) is 16.2 Å². The lowest BCUT2D eigenvalue weighted by atomic mass is 10.0. The molecule has 0 aliphatic heterocycles. The van der Waals surface area contributed by atoms with E-state index >= 15 is 0 Å². The average Bonchev–Trinajstić information content (AvgIpc) is 3.37. The van der Waals surface area contributed by atoms with Crippen LogP contribution in [0.3, 0.4) is 0 Å². The summed E-state index contributed by atoms with van der Waals surface area (Å²) in [4.78, 5) is 30.3. The topological polar surface area (TPSA) is 73.3 Å². The average molecular weight is 474 g/mol. The van der Waals surface area contributed by atoms with Gasteiger partial charge in [0.05, 0.1) is 16.8 Å². The summed E-state index contributed by atoms with van der Waals surface area (Å²) < 4.78 is 11.3. The predicted molar refractivity (Wildman–Crippen MR) is 140 cm³/mol. The summed E-state index contributed by atoms with van der Waals surface area (Å²) in [5.74, 6) is 0. The van der Waals surface area contributed by atoms with Gasteiger partial charge in [-0.15, -0.1) is 11.3 Å². The minimum Gasteiger partial charge on any atom is -0.422 e. The van der Waals surface area contributed by atoms with Crippen molar-refractivity contribution in [1.29, 1.82) is 0 Å². The highest BCUT2D eigenvalue weighted by Crippen LogP contribution is 2.32. The SMILES string of the molecule is O=c1oc2ccc3ccccc3c2cc1-c1csc(-c2cc3c(ccc4ccccc43)oc2=O)n1. The predicted octanol–water partition coefficient (Wildman–Crippen LogP) is 7.00. The molecule has 0 aliphatic carbocycles. The molecule has 3 aromatic heterocycles. The lowest BCUT2D eigenvalue weighted by Crippen LogP contribution is -2.04. The standard InChI is InChI=1S/C29H15NO4S/c31-28-22(13-20-18-7-3-1-5-16(18)9-11-25(20)33-28)24-15-35-27(30-24)23-14-21-19-8-4-2-6-17(19)10-12-26(21)34-29(23)32/h1-15H. The maximum Gasteiger partial charge on any atom is 0.346 e. The molecule has 0 unspecified atom stereocenters. The van der Waals surface area contributed by atoms with E-state index in [0.29, 0.717) is 33.0 Å². The summed E-state index contributed by atoms with van der Waals surface area (Å²) in [6.45, 7) is 0. The fourth-order valence-corrected chi connectivity index (χ4v) is 5.42. The summed E-state index contributed by atoms with van der Waals surface area (Å²) in [6.07, 6.45) is 0. The maximum atomic E-state index is 12.8. The van der Waals surface area contributed by atoms with Gasteiger partial charge < -0.3 is 8.83 Å². The van der Waals surface area contributed by atoms with Gasteiger partial charge >= 0.3 is 11.3 Å². The van der Waals surface area contributed by atoms with Crippen molar-refractivity contribution in [2.45, 2.75) is 0 Å². The lowest BCUT2D eigenvalue weighted by Gasteiger charge is -2.05. The van der Waals surface area contributed by atoms with Crippen molar-refractivity contribution in [1.82, 2.24) is 4.98 Å². The fourth-order valence-electron chi connectivity index (χ4n) is 4.59. The first kappa shape index (κ1) is 19.9. The fraction of sp³-hybridized carbons (Fsp3) is 0. The first-order chi connectivity index (χ1) is 17.2. The largest absolute Gasteiger partial charge is 0.422 e. The molecule has 0 N–H and O–H groups in total. The Kier molecular flexibility index (Phi) is 4.25. The van der Waals surface area contributed by atoms with E-state index in [4.69, 9.17) is 8.83 Å². The molecule has 4 aromatic carbocycles. The van der Waals surface area contributed by atoms with Gasteiger partial charge in [0, 0.05) is 16.2 Å². The van der Waals surface area contributed by atoms with Crippen molar-refractivity contribution >= 4 is 54.8 Å². The molecule has 3 heterocycles. The highest BCUT2D eigenvalue weighted by Gasteiger charge is 2.17. The molecule has 7 rings (SSSR count). The molecule has 0 radical (unpaired) electrons. The number of nitrogens with zero attached hydrogens (tertiary/aromatic N) is 1. The smallest absolute Gasteiger partial charge is 0.346 e. The highest BCUT2D eigenvalue weighted by molar-refractivity contribution is 7.13. The monoisotopic (exact) mass is 473 g/mol. The second kappa shape index (κ2) is 7.48. The van der Waals surface area contributed by atoms with E-state index in [-0.39, 0.29) is 0 Å². The minimum atomic E-state index is -0.471. The lowest BCUT2D eigenvalue weighted by molar-refractivity contribution is 0.563. The van der Waals surface area contributed by atoms with Gasteiger partial charge in [-0.25, -0.2) is 14.6 Å². The van der Waals surface area contributed by atoms with Crippen molar-refractivity contribution < 1.29 is 8.83 Å². The Morgan fingerprint density at radius 3 is 1.77 bits per heavy atom. The molecule has 0 saturated heterocycles. The molecule has 0 fully saturated rings. The third-order valence-corrected chi connectivity index (χ3v) is 7.17. The summed E-state index contributed by atoms with van der Waals surface area (Å²) in [6, 6.07) is 27.0. The van der Waals surface area contributed by atoms with Crippen LogP contribution in [-0.4, -0.2) is 4.98 Å². The quantitative estimate of drug-likeness (QED) is 0.200. The van der Waals surface area contributed by atoms with E-state index in [9.17, 15) is 9.59 Å². The van der Waals surface area contributed by atoms with Gasteiger partial charge in [0.2, 0.25) is 0 Å². The van der Waals surface area contributed by atoms with Gasteiger partial charge in [-0.05, 0) is 45.8 Å². The van der Waals surface area contributed by atoms with Gasteiger partial charge in [0.25, 0.3) is 0 Å². The first-order valence-corrected chi connectivity index (χ1v) is 11.9. The van der Waals surface area contributed by atoms with Crippen molar-refractivity contribution in [3.63, 3.8) is 0 Å². The second-order valence-corrected chi connectivity index (χ2v) is 9.19. The van der Waals surface area contributed by atoms with Gasteiger partial charge in [-0.3, -0.25) is 0 Å². The molecule has 0 bridgehead atoms. The van der Waals surface area contributed by atoms with Crippen molar-refractivity contribution in [3.8, 4) is 21.8 Å². The van der Waals surface area contributed by atoms with E-state index in [1.165, 1.54) is 11.3 Å². The molecule has 0 atom stereocenters. The van der Waals surface area contributed by atoms with Gasteiger partial charge in [-0.1, -0.05) is 60.7 Å². The van der Waals surface area contributed by atoms with E-state index in [1.807, 2.05) is 72.8 Å². The van der Waals surface area contributed by atoms with Crippen LogP contribution >= 0.6 is 11.3 Å². The molecule has 166 valence electrons. The highest BCUT2D eigenvalue weighted by atomic mass is 32.1. The number of aromatic nitrogens is 1. The number of benzene rings is 4. The number of hydrogen-bond acceptors (Lipinski definition) is 6. The van der Waals surface area contributed by atoms with Crippen LogP contribution in [0.2, 0.25) is 0 Å². The molecule has 6 heteroatoms. The van der Waals surface area contributed by atoms with Crippen molar-refractivity contribution in [3.05, 3.63) is 111 Å². The Morgan fingerprint density at radius 1 is 0.600 bits per heavy atom. The molecule has 0 saturated carbocycles. The molecule has 0 amide bonds. The molecule has 7 aromatic rings. The summed E-state index contributed by atoms with van der Waals surface area (Å²) in [7, 11) is 0. The molecule has 35 heavy (non-hydrogen) atoms. The van der Waals surface area contributed by atoms with E-state index in [1.54, 1.807) is 17.5 Å². The Morgan fingerprint density at radius 2 is 1.14 bits per heavy atom. The van der Waals surface area contributed by atoms with E-state index < -0.39 is 11.3 Å². The van der Waals surface area contributed by atoms with Crippen molar-refractivity contribution in [2.24, 2.45) is 0 Å². The van der Waals surface area contributed by atoms with Crippen LogP contribution in [0.15, 0.2) is 109 Å². The van der Waals surface area contributed by atoms with E-state index in [2.05, 4.69) is 4.98 Å². The van der Waals surface area contributed by atoms with Crippen LogP contribution in [0.1, 0.15) is 0 Å². The zero-order chi connectivity index (χ0) is 23.5. The normalized spacial score (nSPS) is 11.7. The minimum absolute atomic E-state index is 0.354. The number of fused-ring (bicyclic) bond motifs is 6. The zero-order valence-corrected chi connectivity index (χ0v) is 19.0. The molecule has 5 nitrogen and oxygen atoms in total. The second-order valence-electron chi connectivity index (χ2n) is 8.33. The Balaban J connectivity index is 1.41.